The van der Waals surface area contributed by atoms with Crippen molar-refractivity contribution in [2.45, 2.75) is 27.2 Å². The second kappa shape index (κ2) is 11.0. The number of amides is 1. The van der Waals surface area contributed by atoms with Crippen LogP contribution in [-0.4, -0.2) is 41.5 Å². The highest BCUT2D eigenvalue weighted by Gasteiger charge is 2.16. The van der Waals surface area contributed by atoms with E-state index in [0.717, 1.165) is 17.1 Å². The number of hydrogen-bond donors (Lipinski definition) is 1. The van der Waals surface area contributed by atoms with E-state index in [2.05, 4.69) is 10.4 Å². The Morgan fingerprint density at radius 3 is 2.28 bits per heavy atom. The van der Waals surface area contributed by atoms with E-state index in [1.807, 2.05) is 51.1 Å². The molecule has 2 aromatic carbocycles. The molecule has 0 aliphatic heterocycles. The number of aryl methyl sites for hydroxylation is 1. The second-order valence-electron chi connectivity index (χ2n) is 7.00. The highest BCUT2D eigenvalue weighted by atomic mass is 16.5. The average Bonchev–Trinajstić information content (AvgIpc) is 3.08. The van der Waals surface area contributed by atoms with Crippen molar-refractivity contribution in [3.63, 3.8) is 0 Å². The zero-order valence-electron chi connectivity index (χ0n) is 18.5. The summed E-state index contributed by atoms with van der Waals surface area (Å²) in [7, 11) is 0. The lowest BCUT2D eigenvalue weighted by Crippen LogP contribution is -2.22. The monoisotopic (exact) mass is 437 g/mol. The summed E-state index contributed by atoms with van der Waals surface area (Å²) in [5.41, 5.74) is 2.97. The molecule has 1 N–H and O–H groups in total. The van der Waals surface area contributed by atoms with E-state index in [9.17, 15) is 9.59 Å². The maximum atomic E-state index is 12.3. The van der Waals surface area contributed by atoms with Gasteiger partial charge >= 0.3 is 5.97 Å². The van der Waals surface area contributed by atoms with Crippen molar-refractivity contribution in [1.82, 2.24) is 9.78 Å². The summed E-state index contributed by atoms with van der Waals surface area (Å²) in [5.74, 6) is 0.439. The van der Waals surface area contributed by atoms with Crippen LogP contribution in [-0.2, 0) is 14.3 Å². The van der Waals surface area contributed by atoms with Gasteiger partial charge in [0.05, 0.1) is 42.4 Å². The first-order valence-electron chi connectivity index (χ1n) is 10.4. The van der Waals surface area contributed by atoms with E-state index in [1.54, 1.807) is 28.9 Å². The van der Waals surface area contributed by atoms with Crippen molar-refractivity contribution >= 4 is 17.6 Å². The summed E-state index contributed by atoms with van der Waals surface area (Å²) in [6.45, 7) is 5.96. The average molecular weight is 437 g/mol. The summed E-state index contributed by atoms with van der Waals surface area (Å²) >= 11 is 0. The van der Waals surface area contributed by atoms with Gasteiger partial charge in [0.15, 0.2) is 6.61 Å². The van der Waals surface area contributed by atoms with Gasteiger partial charge in [0.1, 0.15) is 11.5 Å². The Morgan fingerprint density at radius 1 is 0.969 bits per heavy atom. The first-order chi connectivity index (χ1) is 15.5. The number of benzene rings is 2. The Balaban J connectivity index is 1.44. The summed E-state index contributed by atoms with van der Waals surface area (Å²) in [6, 6.07) is 16.8. The number of nitrogens with zero attached hydrogens (tertiary/aromatic N) is 2. The standard InChI is InChI=1S/C24H27N3O5/c1-4-30-20-10-12-21(13-11-20)31-15-14-23(29)32-16-22(28)25-24-17(2)26-27(18(24)3)19-8-6-5-7-9-19/h5-13H,4,14-16H2,1-3H3,(H,25,28). The minimum absolute atomic E-state index is 0.0322. The highest BCUT2D eigenvalue weighted by Crippen LogP contribution is 2.22. The van der Waals surface area contributed by atoms with Crippen molar-refractivity contribution in [2.75, 3.05) is 25.1 Å². The molecule has 8 heteroatoms. The van der Waals surface area contributed by atoms with Crippen LogP contribution < -0.4 is 14.8 Å². The van der Waals surface area contributed by atoms with Gasteiger partial charge in [0.2, 0.25) is 0 Å². The lowest BCUT2D eigenvalue weighted by atomic mass is 10.3. The molecule has 168 valence electrons. The first kappa shape index (κ1) is 22.9. The third kappa shape index (κ3) is 6.10. The van der Waals surface area contributed by atoms with Gasteiger partial charge in [-0.2, -0.15) is 5.10 Å². The summed E-state index contributed by atoms with van der Waals surface area (Å²) < 4.78 is 17.7. The molecule has 0 bridgehead atoms. The van der Waals surface area contributed by atoms with E-state index in [-0.39, 0.29) is 19.6 Å². The highest BCUT2D eigenvalue weighted by molar-refractivity contribution is 5.93. The normalized spacial score (nSPS) is 10.5. The molecule has 1 amide bonds. The number of carbonyl (C=O) groups excluding carboxylic acids is 2. The van der Waals surface area contributed by atoms with Crippen LogP contribution in [0.5, 0.6) is 11.5 Å². The van der Waals surface area contributed by atoms with Gasteiger partial charge in [-0.25, -0.2) is 4.68 Å². The van der Waals surface area contributed by atoms with E-state index in [1.165, 1.54) is 0 Å². The Labute approximate surface area is 187 Å². The van der Waals surface area contributed by atoms with E-state index >= 15 is 0 Å². The summed E-state index contributed by atoms with van der Waals surface area (Å²) in [6.07, 6.45) is 0.0322. The molecule has 8 nitrogen and oxygen atoms in total. The maximum Gasteiger partial charge on any atom is 0.309 e. The van der Waals surface area contributed by atoms with Gasteiger partial charge in [0.25, 0.3) is 5.91 Å². The summed E-state index contributed by atoms with van der Waals surface area (Å²) in [4.78, 5) is 24.2. The molecule has 0 fully saturated rings. The van der Waals surface area contributed by atoms with Gasteiger partial charge in [-0.05, 0) is 57.2 Å². The molecular weight excluding hydrogens is 410 g/mol. The minimum Gasteiger partial charge on any atom is -0.494 e. The molecule has 0 aliphatic rings. The Kier molecular flexibility index (Phi) is 7.85. The Bertz CT molecular complexity index is 1050. The lowest BCUT2D eigenvalue weighted by Gasteiger charge is -2.09. The van der Waals surface area contributed by atoms with E-state index in [4.69, 9.17) is 14.2 Å². The fraction of sp³-hybridized carbons (Fsp3) is 0.292. The molecule has 32 heavy (non-hydrogen) atoms. The zero-order chi connectivity index (χ0) is 22.9. The molecule has 0 saturated heterocycles. The number of para-hydroxylation sites is 1. The first-order valence-corrected chi connectivity index (χ1v) is 10.4. The van der Waals surface area contributed by atoms with Crippen LogP contribution in [0.3, 0.4) is 0 Å². The Hall–Kier alpha value is -3.81. The number of anilines is 1. The number of ether oxygens (including phenoxy) is 3. The third-order valence-electron chi connectivity index (χ3n) is 4.63. The van der Waals surface area contributed by atoms with Gasteiger partial charge in [0, 0.05) is 0 Å². The molecule has 0 saturated carbocycles. The van der Waals surface area contributed by atoms with Gasteiger partial charge in [-0.15, -0.1) is 0 Å². The van der Waals surface area contributed by atoms with Crippen molar-refractivity contribution < 1.29 is 23.8 Å². The maximum absolute atomic E-state index is 12.3. The van der Waals surface area contributed by atoms with Gasteiger partial charge in [-0.3, -0.25) is 9.59 Å². The van der Waals surface area contributed by atoms with Crippen LogP contribution in [0.1, 0.15) is 24.7 Å². The smallest absolute Gasteiger partial charge is 0.309 e. The predicted octanol–water partition coefficient (Wildman–Crippen LogP) is 3.84. The number of carbonyl (C=O) groups is 2. The molecule has 0 unspecified atom stereocenters. The topological polar surface area (TPSA) is 91.7 Å². The quantitative estimate of drug-likeness (QED) is 0.485. The zero-order valence-corrected chi connectivity index (χ0v) is 18.5. The molecule has 0 radical (unpaired) electrons. The number of nitrogens with one attached hydrogen (secondary N) is 1. The van der Waals surface area contributed by atoms with Crippen LogP contribution in [0.25, 0.3) is 5.69 Å². The molecule has 1 aromatic heterocycles. The number of esters is 1. The van der Waals surface area contributed by atoms with Crippen molar-refractivity contribution in [1.29, 1.82) is 0 Å². The van der Waals surface area contributed by atoms with Crippen LogP contribution in [0.2, 0.25) is 0 Å². The largest absolute Gasteiger partial charge is 0.494 e. The number of aromatic nitrogens is 2. The van der Waals surface area contributed by atoms with Gasteiger partial charge in [-0.1, -0.05) is 18.2 Å². The number of hydrogen-bond acceptors (Lipinski definition) is 6. The molecule has 3 rings (SSSR count). The van der Waals surface area contributed by atoms with Crippen LogP contribution in [0.4, 0.5) is 5.69 Å². The van der Waals surface area contributed by atoms with Crippen molar-refractivity contribution in [2.24, 2.45) is 0 Å². The second-order valence-corrected chi connectivity index (χ2v) is 7.00. The SMILES string of the molecule is CCOc1ccc(OCCC(=O)OCC(=O)Nc2c(C)nn(-c3ccccc3)c2C)cc1. The predicted molar refractivity (Wildman–Crippen MR) is 120 cm³/mol. The van der Waals surface area contributed by atoms with Crippen molar-refractivity contribution in [3.8, 4) is 17.2 Å². The fourth-order valence-corrected chi connectivity index (χ4v) is 3.09. The van der Waals surface area contributed by atoms with Gasteiger partial charge < -0.3 is 19.5 Å². The van der Waals surface area contributed by atoms with E-state index in [0.29, 0.717) is 23.7 Å². The molecule has 3 aromatic rings. The molecule has 0 atom stereocenters. The van der Waals surface area contributed by atoms with Crippen LogP contribution in [0, 0.1) is 13.8 Å². The molecular formula is C24H27N3O5. The lowest BCUT2D eigenvalue weighted by molar-refractivity contribution is -0.147. The molecule has 0 spiro atoms. The van der Waals surface area contributed by atoms with Crippen molar-refractivity contribution in [3.05, 3.63) is 66.0 Å². The molecule has 1 heterocycles. The Morgan fingerprint density at radius 2 is 1.62 bits per heavy atom. The van der Waals surface area contributed by atoms with E-state index < -0.39 is 11.9 Å². The third-order valence-corrected chi connectivity index (χ3v) is 4.63. The van der Waals surface area contributed by atoms with Crippen LogP contribution >= 0.6 is 0 Å². The fourth-order valence-electron chi connectivity index (χ4n) is 3.09. The minimum atomic E-state index is -0.514. The molecule has 0 aliphatic carbocycles. The summed E-state index contributed by atoms with van der Waals surface area (Å²) in [5, 5.41) is 7.26. The number of rotatable bonds is 10. The van der Waals surface area contributed by atoms with Crippen LogP contribution in [0.15, 0.2) is 54.6 Å².